The zero-order valence-electron chi connectivity index (χ0n) is 7.37. The van der Waals surface area contributed by atoms with Crippen molar-refractivity contribution in [3.8, 4) is 0 Å². The Morgan fingerprint density at radius 3 is 3.00 bits per heavy atom. The van der Waals surface area contributed by atoms with Gasteiger partial charge in [0, 0.05) is 19.4 Å². The van der Waals surface area contributed by atoms with E-state index in [0.29, 0.717) is 0 Å². The van der Waals surface area contributed by atoms with Crippen LogP contribution in [0.5, 0.6) is 0 Å². The normalized spacial score (nSPS) is 10.7. The van der Waals surface area contributed by atoms with E-state index in [4.69, 9.17) is 0 Å². The van der Waals surface area contributed by atoms with Crippen LogP contribution in [-0.2, 0) is 0 Å². The average molecular weight is 241 g/mol. The van der Waals surface area contributed by atoms with Gasteiger partial charge in [0.1, 0.15) is 15.9 Å². The number of nitrogens with zero attached hydrogens (tertiary/aromatic N) is 3. The maximum atomic E-state index is 4.30. The first-order valence-electron chi connectivity index (χ1n) is 3.91. The predicted molar refractivity (Wildman–Crippen MR) is 55.0 cm³/mol. The first kappa shape index (κ1) is 8.50. The number of nitrogens with one attached hydrogen (secondary N) is 1. The number of hydrogen-bond donors (Lipinski definition) is 1. The second kappa shape index (κ2) is 2.99. The maximum Gasteiger partial charge on any atom is 0.152 e. The van der Waals surface area contributed by atoms with Gasteiger partial charge in [0.05, 0.1) is 0 Å². The Bertz CT molecular complexity index is 449. The van der Waals surface area contributed by atoms with E-state index in [1.165, 1.54) is 0 Å². The molecule has 0 aromatic carbocycles. The topological polar surface area (TPSA) is 42.2 Å². The Morgan fingerprint density at radius 2 is 2.31 bits per heavy atom. The van der Waals surface area contributed by atoms with Gasteiger partial charge >= 0.3 is 0 Å². The molecule has 0 amide bonds. The van der Waals surface area contributed by atoms with Gasteiger partial charge in [-0.05, 0) is 22.9 Å². The molecule has 0 saturated heterocycles. The summed E-state index contributed by atoms with van der Waals surface area (Å²) >= 11 is 3.40. The Kier molecular flexibility index (Phi) is 1.95. The third kappa shape index (κ3) is 1.19. The summed E-state index contributed by atoms with van der Waals surface area (Å²) in [5, 5.41) is 3.02. The zero-order valence-corrected chi connectivity index (χ0v) is 8.96. The van der Waals surface area contributed by atoms with E-state index in [-0.39, 0.29) is 0 Å². The van der Waals surface area contributed by atoms with Crippen molar-refractivity contribution < 1.29 is 0 Å². The Morgan fingerprint density at radius 1 is 1.54 bits per heavy atom. The standard InChI is InChI=1S/C8H9BrN4/c1-5-12-7(9)6-8(10-2)11-3-4-13(5)6/h3-4H,1-2H3,(H,10,11). The van der Waals surface area contributed by atoms with Gasteiger partial charge in [0.25, 0.3) is 0 Å². The summed E-state index contributed by atoms with van der Waals surface area (Å²) in [6.45, 7) is 1.96. The Balaban J connectivity index is 2.88. The van der Waals surface area contributed by atoms with Crippen LogP contribution in [0.3, 0.4) is 0 Å². The van der Waals surface area contributed by atoms with E-state index in [0.717, 1.165) is 21.8 Å². The monoisotopic (exact) mass is 240 g/mol. The van der Waals surface area contributed by atoms with Crippen LogP contribution in [0.1, 0.15) is 5.82 Å². The number of fused-ring (bicyclic) bond motifs is 1. The van der Waals surface area contributed by atoms with Gasteiger partial charge in [0.15, 0.2) is 5.82 Å². The van der Waals surface area contributed by atoms with Gasteiger partial charge in [-0.2, -0.15) is 0 Å². The summed E-state index contributed by atoms with van der Waals surface area (Å²) in [5.74, 6) is 1.77. The zero-order chi connectivity index (χ0) is 9.42. The lowest BCUT2D eigenvalue weighted by molar-refractivity contribution is 1.03. The van der Waals surface area contributed by atoms with Gasteiger partial charge in [-0.3, -0.25) is 4.40 Å². The number of hydrogen-bond acceptors (Lipinski definition) is 3. The summed E-state index contributed by atoms with van der Waals surface area (Å²) in [6, 6.07) is 0. The number of aromatic nitrogens is 3. The molecule has 5 heteroatoms. The average Bonchev–Trinajstić information content (AvgIpc) is 2.43. The minimum absolute atomic E-state index is 0.822. The first-order valence-corrected chi connectivity index (χ1v) is 4.70. The highest BCUT2D eigenvalue weighted by Crippen LogP contribution is 2.23. The molecular formula is C8H9BrN4. The third-order valence-electron chi connectivity index (χ3n) is 1.93. The Labute approximate surface area is 84.1 Å². The lowest BCUT2D eigenvalue weighted by Crippen LogP contribution is -1.96. The highest BCUT2D eigenvalue weighted by molar-refractivity contribution is 9.10. The first-order chi connectivity index (χ1) is 6.24. The van der Waals surface area contributed by atoms with Crippen molar-refractivity contribution in [3.63, 3.8) is 0 Å². The van der Waals surface area contributed by atoms with Gasteiger partial charge in [-0.15, -0.1) is 0 Å². The number of aryl methyl sites for hydroxylation is 1. The minimum atomic E-state index is 0.822. The lowest BCUT2D eigenvalue weighted by atomic mass is 10.5. The molecule has 0 fully saturated rings. The molecule has 2 rings (SSSR count). The fourth-order valence-electron chi connectivity index (χ4n) is 1.32. The SMILES string of the molecule is CNc1nccn2c(C)nc(Br)c12. The molecule has 2 heterocycles. The van der Waals surface area contributed by atoms with Gasteiger partial charge < -0.3 is 5.32 Å². The van der Waals surface area contributed by atoms with E-state index in [1.54, 1.807) is 6.20 Å². The molecule has 0 unspecified atom stereocenters. The lowest BCUT2D eigenvalue weighted by Gasteiger charge is -2.01. The molecule has 0 bridgehead atoms. The molecular weight excluding hydrogens is 232 g/mol. The van der Waals surface area contributed by atoms with Crippen LogP contribution < -0.4 is 5.32 Å². The molecule has 68 valence electrons. The summed E-state index contributed by atoms with van der Waals surface area (Å²) in [7, 11) is 1.84. The molecule has 0 spiro atoms. The van der Waals surface area contributed by atoms with E-state index in [1.807, 2.05) is 24.6 Å². The van der Waals surface area contributed by atoms with Crippen LogP contribution in [0.4, 0.5) is 5.82 Å². The second-order valence-electron chi connectivity index (χ2n) is 2.69. The van der Waals surface area contributed by atoms with Crippen LogP contribution in [0, 0.1) is 6.92 Å². The third-order valence-corrected chi connectivity index (χ3v) is 2.48. The summed E-state index contributed by atoms with van der Waals surface area (Å²) in [5.41, 5.74) is 0.975. The Hall–Kier alpha value is -1.10. The quantitative estimate of drug-likeness (QED) is 0.828. The highest BCUT2D eigenvalue weighted by Gasteiger charge is 2.09. The summed E-state index contributed by atoms with van der Waals surface area (Å²) in [4.78, 5) is 8.50. The molecule has 1 N–H and O–H groups in total. The molecule has 0 saturated carbocycles. The van der Waals surface area contributed by atoms with Crippen LogP contribution in [0.2, 0.25) is 0 Å². The largest absolute Gasteiger partial charge is 0.371 e. The van der Waals surface area contributed by atoms with Crippen LogP contribution in [0.15, 0.2) is 17.0 Å². The van der Waals surface area contributed by atoms with Crippen molar-refractivity contribution in [1.29, 1.82) is 0 Å². The van der Waals surface area contributed by atoms with Crippen molar-refractivity contribution in [2.24, 2.45) is 0 Å². The van der Waals surface area contributed by atoms with Crippen molar-refractivity contribution in [2.75, 3.05) is 12.4 Å². The summed E-state index contributed by atoms with van der Waals surface area (Å²) < 4.78 is 2.81. The molecule has 2 aromatic heterocycles. The molecule has 0 aliphatic rings. The second-order valence-corrected chi connectivity index (χ2v) is 3.45. The van der Waals surface area contributed by atoms with Crippen molar-refractivity contribution in [1.82, 2.24) is 14.4 Å². The molecule has 13 heavy (non-hydrogen) atoms. The fraction of sp³-hybridized carbons (Fsp3) is 0.250. The molecule has 0 radical (unpaired) electrons. The predicted octanol–water partition coefficient (Wildman–Crippen LogP) is 1.84. The maximum absolute atomic E-state index is 4.30. The van der Waals surface area contributed by atoms with Crippen molar-refractivity contribution >= 4 is 27.3 Å². The van der Waals surface area contributed by atoms with E-state index in [2.05, 4.69) is 31.2 Å². The number of imidazole rings is 1. The minimum Gasteiger partial charge on any atom is -0.371 e. The van der Waals surface area contributed by atoms with Crippen molar-refractivity contribution in [3.05, 3.63) is 22.8 Å². The molecule has 0 aliphatic heterocycles. The van der Waals surface area contributed by atoms with Crippen LogP contribution >= 0.6 is 15.9 Å². The van der Waals surface area contributed by atoms with E-state index < -0.39 is 0 Å². The van der Waals surface area contributed by atoms with Gasteiger partial charge in [0.2, 0.25) is 0 Å². The van der Waals surface area contributed by atoms with E-state index in [9.17, 15) is 0 Å². The number of halogens is 1. The molecule has 2 aromatic rings. The van der Waals surface area contributed by atoms with Crippen molar-refractivity contribution in [2.45, 2.75) is 6.92 Å². The van der Waals surface area contributed by atoms with Gasteiger partial charge in [-0.25, -0.2) is 9.97 Å². The van der Waals surface area contributed by atoms with Crippen LogP contribution in [0.25, 0.3) is 5.52 Å². The summed E-state index contributed by atoms with van der Waals surface area (Å²) in [6.07, 6.45) is 3.64. The number of rotatable bonds is 1. The van der Waals surface area contributed by atoms with Gasteiger partial charge in [-0.1, -0.05) is 0 Å². The van der Waals surface area contributed by atoms with E-state index >= 15 is 0 Å². The molecule has 0 aliphatic carbocycles. The fourth-order valence-corrected chi connectivity index (χ4v) is 1.96. The molecule has 0 atom stereocenters. The molecule has 4 nitrogen and oxygen atoms in total. The van der Waals surface area contributed by atoms with Crippen LogP contribution in [-0.4, -0.2) is 21.4 Å². The number of anilines is 1. The highest BCUT2D eigenvalue weighted by atomic mass is 79.9. The smallest absolute Gasteiger partial charge is 0.152 e.